The Bertz CT molecular complexity index is 599. The lowest BCUT2D eigenvalue weighted by Crippen LogP contribution is -2.07. The second-order valence-corrected chi connectivity index (χ2v) is 3.86. The Kier molecular flexibility index (Phi) is 3.46. The number of nitrogens with zero attached hydrogens (tertiary/aromatic N) is 4. The largest absolute Gasteiger partial charge is 0.481 e. The fourth-order valence-corrected chi connectivity index (χ4v) is 1.65. The lowest BCUT2D eigenvalue weighted by molar-refractivity contribution is 0.101. The third kappa shape index (κ3) is 2.40. The van der Waals surface area contributed by atoms with Gasteiger partial charge in [0.05, 0.1) is 37.7 Å². The highest BCUT2D eigenvalue weighted by Gasteiger charge is 2.15. The molecule has 0 atom stereocenters. The van der Waals surface area contributed by atoms with E-state index in [1.807, 2.05) is 0 Å². The van der Waals surface area contributed by atoms with Crippen molar-refractivity contribution < 1.29 is 14.3 Å². The summed E-state index contributed by atoms with van der Waals surface area (Å²) in [4.78, 5) is 19.8. The van der Waals surface area contributed by atoms with Crippen molar-refractivity contribution in [2.75, 3.05) is 14.2 Å². The van der Waals surface area contributed by atoms with Crippen molar-refractivity contribution in [3.05, 3.63) is 23.5 Å². The first-order valence-electron chi connectivity index (χ1n) is 5.59. The van der Waals surface area contributed by atoms with Gasteiger partial charge in [-0.15, -0.1) is 0 Å². The van der Waals surface area contributed by atoms with Crippen molar-refractivity contribution in [3.63, 3.8) is 0 Å². The van der Waals surface area contributed by atoms with Gasteiger partial charge in [0.15, 0.2) is 5.78 Å². The smallest absolute Gasteiger partial charge is 0.257 e. The number of aromatic nitrogens is 4. The summed E-state index contributed by atoms with van der Waals surface area (Å²) in [5.74, 6) is 0.960. The molecule has 0 unspecified atom stereocenters. The summed E-state index contributed by atoms with van der Waals surface area (Å²) < 4.78 is 11.6. The maximum atomic E-state index is 11.4. The molecule has 0 bridgehead atoms. The summed E-state index contributed by atoms with van der Waals surface area (Å²) in [6.07, 6.45) is 1.49. The van der Waals surface area contributed by atoms with Gasteiger partial charge in [0.25, 0.3) is 5.95 Å². The number of carbonyl (C=O) groups excluding carboxylic acids is 1. The van der Waals surface area contributed by atoms with E-state index in [4.69, 9.17) is 9.47 Å². The van der Waals surface area contributed by atoms with Gasteiger partial charge in [0.2, 0.25) is 11.8 Å². The van der Waals surface area contributed by atoms with E-state index in [0.717, 1.165) is 0 Å². The van der Waals surface area contributed by atoms with Crippen LogP contribution in [0.25, 0.3) is 5.95 Å². The van der Waals surface area contributed by atoms with Crippen molar-refractivity contribution in [2.45, 2.75) is 13.8 Å². The van der Waals surface area contributed by atoms with Gasteiger partial charge in [-0.25, -0.2) is 4.68 Å². The topological polar surface area (TPSA) is 79.1 Å². The third-order valence-corrected chi connectivity index (χ3v) is 2.66. The van der Waals surface area contributed by atoms with E-state index in [9.17, 15) is 4.79 Å². The van der Waals surface area contributed by atoms with E-state index < -0.39 is 0 Å². The van der Waals surface area contributed by atoms with Crippen LogP contribution in [0.15, 0.2) is 12.3 Å². The second-order valence-electron chi connectivity index (χ2n) is 3.86. The van der Waals surface area contributed by atoms with Crippen LogP contribution in [-0.2, 0) is 0 Å². The lowest BCUT2D eigenvalue weighted by Gasteiger charge is -2.07. The highest BCUT2D eigenvalue weighted by atomic mass is 16.5. The molecule has 0 spiro atoms. The number of carbonyl (C=O) groups is 1. The Hall–Kier alpha value is -2.44. The van der Waals surface area contributed by atoms with Crippen molar-refractivity contribution in [2.24, 2.45) is 0 Å². The molecule has 0 radical (unpaired) electrons. The fraction of sp³-hybridized carbons (Fsp3) is 0.333. The van der Waals surface area contributed by atoms with Gasteiger partial charge < -0.3 is 9.47 Å². The van der Waals surface area contributed by atoms with Crippen LogP contribution in [0.5, 0.6) is 11.8 Å². The molecule has 7 heteroatoms. The quantitative estimate of drug-likeness (QED) is 0.770. The monoisotopic (exact) mass is 262 g/mol. The maximum absolute atomic E-state index is 11.4. The molecule has 0 aromatic carbocycles. The average molecular weight is 262 g/mol. The van der Waals surface area contributed by atoms with E-state index in [0.29, 0.717) is 29.0 Å². The number of rotatable bonds is 4. The Balaban J connectivity index is 2.55. The number of methoxy groups -OCH3 is 2. The molecule has 2 aromatic rings. The minimum atomic E-state index is -0.0568. The Morgan fingerprint density at radius 1 is 1.21 bits per heavy atom. The zero-order valence-corrected chi connectivity index (χ0v) is 11.2. The molecular weight excluding hydrogens is 248 g/mol. The number of hydrogen-bond acceptors (Lipinski definition) is 6. The predicted molar refractivity (Wildman–Crippen MR) is 67.0 cm³/mol. The first kappa shape index (κ1) is 13.0. The van der Waals surface area contributed by atoms with Crippen LogP contribution in [0, 0.1) is 6.92 Å². The standard InChI is InChI=1S/C12H14N4O3/c1-7-9(8(2)17)6-13-16(7)12-14-10(18-3)5-11(15-12)19-4/h5-6H,1-4H3. The number of ketones is 1. The summed E-state index contributed by atoms with van der Waals surface area (Å²) in [6, 6.07) is 1.56. The first-order valence-corrected chi connectivity index (χ1v) is 5.59. The first-order chi connectivity index (χ1) is 9.06. The van der Waals surface area contributed by atoms with Gasteiger partial charge in [-0.3, -0.25) is 4.79 Å². The SMILES string of the molecule is COc1cc(OC)nc(-n2ncc(C(C)=O)c2C)n1. The molecule has 0 fully saturated rings. The zero-order chi connectivity index (χ0) is 14.0. The predicted octanol–water partition coefficient (Wildman–Crippen LogP) is 1.19. The van der Waals surface area contributed by atoms with Gasteiger partial charge in [0, 0.05) is 0 Å². The molecule has 0 saturated heterocycles. The summed E-state index contributed by atoms with van der Waals surface area (Å²) >= 11 is 0. The summed E-state index contributed by atoms with van der Waals surface area (Å²) in [5.41, 5.74) is 1.20. The lowest BCUT2D eigenvalue weighted by atomic mass is 10.2. The van der Waals surface area contributed by atoms with Crippen LogP contribution in [0.1, 0.15) is 23.0 Å². The van der Waals surface area contributed by atoms with Gasteiger partial charge in [-0.05, 0) is 13.8 Å². The number of Topliss-reactive ketones (excluding diaryl/α,β-unsaturated/α-hetero) is 1. The van der Waals surface area contributed by atoms with Crippen molar-refractivity contribution in [1.29, 1.82) is 0 Å². The maximum Gasteiger partial charge on any atom is 0.257 e. The molecule has 100 valence electrons. The molecule has 0 aliphatic heterocycles. The van der Waals surface area contributed by atoms with E-state index >= 15 is 0 Å². The Morgan fingerprint density at radius 2 is 1.79 bits per heavy atom. The molecule has 7 nitrogen and oxygen atoms in total. The Labute approximate surface area is 110 Å². The van der Waals surface area contributed by atoms with E-state index in [1.54, 1.807) is 13.0 Å². The Morgan fingerprint density at radius 3 is 2.21 bits per heavy atom. The molecule has 2 aromatic heterocycles. The molecule has 0 aliphatic rings. The fourth-order valence-electron chi connectivity index (χ4n) is 1.65. The van der Waals surface area contributed by atoms with Crippen LogP contribution < -0.4 is 9.47 Å². The van der Waals surface area contributed by atoms with Crippen molar-refractivity contribution in [3.8, 4) is 17.7 Å². The summed E-state index contributed by atoms with van der Waals surface area (Å²) in [7, 11) is 3.00. The van der Waals surface area contributed by atoms with Gasteiger partial charge in [-0.2, -0.15) is 15.1 Å². The summed E-state index contributed by atoms with van der Waals surface area (Å²) in [6.45, 7) is 3.26. The van der Waals surface area contributed by atoms with Crippen LogP contribution in [0.3, 0.4) is 0 Å². The third-order valence-electron chi connectivity index (χ3n) is 2.66. The van der Waals surface area contributed by atoms with Crippen molar-refractivity contribution >= 4 is 5.78 Å². The molecule has 0 aliphatic carbocycles. The van der Waals surface area contributed by atoms with Gasteiger partial charge in [0.1, 0.15) is 0 Å². The molecule has 2 rings (SSSR count). The van der Waals surface area contributed by atoms with Crippen molar-refractivity contribution in [1.82, 2.24) is 19.7 Å². The number of ether oxygens (including phenoxy) is 2. The van der Waals surface area contributed by atoms with Crippen LogP contribution in [0.4, 0.5) is 0 Å². The minimum absolute atomic E-state index is 0.0568. The normalized spacial score (nSPS) is 10.3. The van der Waals surface area contributed by atoms with Crippen LogP contribution in [-0.4, -0.2) is 39.8 Å². The zero-order valence-electron chi connectivity index (χ0n) is 11.2. The van der Waals surface area contributed by atoms with E-state index in [2.05, 4.69) is 15.1 Å². The highest BCUT2D eigenvalue weighted by molar-refractivity contribution is 5.94. The van der Waals surface area contributed by atoms with Gasteiger partial charge in [-0.1, -0.05) is 0 Å². The highest BCUT2D eigenvalue weighted by Crippen LogP contribution is 2.19. The minimum Gasteiger partial charge on any atom is -0.481 e. The van der Waals surface area contributed by atoms with Gasteiger partial charge >= 0.3 is 0 Å². The molecule has 0 saturated carbocycles. The molecule has 0 N–H and O–H groups in total. The summed E-state index contributed by atoms with van der Waals surface area (Å²) in [5, 5.41) is 4.12. The number of hydrogen-bond donors (Lipinski definition) is 0. The van der Waals surface area contributed by atoms with Crippen LogP contribution >= 0.6 is 0 Å². The van der Waals surface area contributed by atoms with Crippen LogP contribution in [0.2, 0.25) is 0 Å². The molecular formula is C12H14N4O3. The average Bonchev–Trinajstić information content (AvgIpc) is 2.80. The van der Waals surface area contributed by atoms with E-state index in [-0.39, 0.29) is 5.78 Å². The molecule has 0 amide bonds. The molecule has 19 heavy (non-hydrogen) atoms. The second kappa shape index (κ2) is 5.05. The van der Waals surface area contributed by atoms with E-state index in [1.165, 1.54) is 32.0 Å². The molecule has 2 heterocycles.